The molecule has 2 heterocycles. The first-order valence-electron chi connectivity index (χ1n) is 9.15. The van der Waals surface area contributed by atoms with Crippen molar-refractivity contribution in [3.05, 3.63) is 53.7 Å². The highest BCUT2D eigenvalue weighted by atomic mass is 16.5. The second kappa shape index (κ2) is 9.02. The SMILES string of the molecule is CCOc1ncccc1CNC(=O)NCc1ccc(N2CCCC2=O)cc1. The molecule has 1 aromatic carbocycles. The number of carbonyl (C=O) groups is 2. The third-order valence-electron chi connectivity index (χ3n) is 4.34. The average Bonchev–Trinajstić information content (AvgIpc) is 3.12. The second-order valence-electron chi connectivity index (χ2n) is 6.25. The lowest BCUT2D eigenvalue weighted by atomic mass is 10.2. The highest BCUT2D eigenvalue weighted by Crippen LogP contribution is 2.21. The number of benzene rings is 1. The Hall–Kier alpha value is -3.09. The Morgan fingerprint density at radius 1 is 1.19 bits per heavy atom. The maximum absolute atomic E-state index is 12.0. The molecule has 2 N–H and O–H groups in total. The van der Waals surface area contributed by atoms with Crippen LogP contribution in [0, 0.1) is 0 Å². The van der Waals surface area contributed by atoms with Crippen LogP contribution in [0.4, 0.5) is 10.5 Å². The Labute approximate surface area is 158 Å². The van der Waals surface area contributed by atoms with Gasteiger partial charge in [0.05, 0.1) is 6.61 Å². The number of pyridine rings is 1. The van der Waals surface area contributed by atoms with Crippen LogP contribution in [0.1, 0.15) is 30.9 Å². The number of carbonyl (C=O) groups excluding carboxylic acids is 2. The molecule has 0 unspecified atom stereocenters. The smallest absolute Gasteiger partial charge is 0.315 e. The number of nitrogens with one attached hydrogen (secondary N) is 2. The van der Waals surface area contributed by atoms with Gasteiger partial charge >= 0.3 is 6.03 Å². The van der Waals surface area contributed by atoms with E-state index in [2.05, 4.69) is 15.6 Å². The minimum atomic E-state index is -0.264. The molecule has 27 heavy (non-hydrogen) atoms. The topological polar surface area (TPSA) is 83.6 Å². The maximum Gasteiger partial charge on any atom is 0.315 e. The Morgan fingerprint density at radius 2 is 1.96 bits per heavy atom. The lowest BCUT2D eigenvalue weighted by Gasteiger charge is -2.16. The van der Waals surface area contributed by atoms with E-state index in [1.165, 1.54) is 0 Å². The van der Waals surface area contributed by atoms with Crippen molar-refractivity contribution in [1.29, 1.82) is 0 Å². The average molecular weight is 368 g/mol. The maximum atomic E-state index is 12.0. The van der Waals surface area contributed by atoms with Crippen LogP contribution in [-0.4, -0.2) is 30.1 Å². The first-order chi connectivity index (χ1) is 13.2. The van der Waals surface area contributed by atoms with Gasteiger partial charge in [-0.3, -0.25) is 4.79 Å². The van der Waals surface area contributed by atoms with Gasteiger partial charge in [0.2, 0.25) is 11.8 Å². The Kier molecular flexibility index (Phi) is 6.25. The van der Waals surface area contributed by atoms with Crippen LogP contribution in [-0.2, 0) is 17.9 Å². The Morgan fingerprint density at radius 3 is 2.67 bits per heavy atom. The summed E-state index contributed by atoms with van der Waals surface area (Å²) in [5.41, 5.74) is 2.71. The predicted octanol–water partition coefficient (Wildman–Crippen LogP) is 2.61. The minimum Gasteiger partial charge on any atom is -0.478 e. The molecule has 0 radical (unpaired) electrons. The molecule has 7 heteroatoms. The number of rotatable bonds is 7. The van der Waals surface area contributed by atoms with Gasteiger partial charge in [0.25, 0.3) is 0 Å². The van der Waals surface area contributed by atoms with Crippen LogP contribution in [0.3, 0.4) is 0 Å². The first kappa shape index (κ1) is 18.7. The largest absolute Gasteiger partial charge is 0.478 e. The van der Waals surface area contributed by atoms with E-state index in [9.17, 15) is 9.59 Å². The summed E-state index contributed by atoms with van der Waals surface area (Å²) in [4.78, 5) is 29.8. The van der Waals surface area contributed by atoms with Crippen LogP contribution >= 0.6 is 0 Å². The van der Waals surface area contributed by atoms with Gasteiger partial charge in [0, 0.05) is 43.5 Å². The molecule has 1 aliphatic heterocycles. The van der Waals surface area contributed by atoms with E-state index < -0.39 is 0 Å². The lowest BCUT2D eigenvalue weighted by molar-refractivity contribution is -0.117. The van der Waals surface area contributed by atoms with Gasteiger partial charge in [-0.1, -0.05) is 18.2 Å². The van der Waals surface area contributed by atoms with Crippen LogP contribution in [0.15, 0.2) is 42.6 Å². The number of hydrogen-bond donors (Lipinski definition) is 2. The molecule has 1 saturated heterocycles. The summed E-state index contributed by atoms with van der Waals surface area (Å²) in [6, 6.07) is 11.1. The molecule has 7 nitrogen and oxygen atoms in total. The molecular formula is C20H24N4O3. The van der Waals surface area contributed by atoms with Crippen LogP contribution in [0.5, 0.6) is 5.88 Å². The summed E-state index contributed by atoms with van der Waals surface area (Å²) >= 11 is 0. The number of aromatic nitrogens is 1. The third-order valence-corrected chi connectivity index (χ3v) is 4.34. The van der Waals surface area contributed by atoms with Gasteiger partial charge < -0.3 is 20.3 Å². The van der Waals surface area contributed by atoms with Crippen LogP contribution in [0.25, 0.3) is 0 Å². The zero-order valence-corrected chi connectivity index (χ0v) is 15.4. The van der Waals surface area contributed by atoms with Crippen molar-refractivity contribution in [1.82, 2.24) is 15.6 Å². The Bertz CT molecular complexity index is 792. The second-order valence-corrected chi connectivity index (χ2v) is 6.25. The quantitative estimate of drug-likeness (QED) is 0.787. The van der Waals surface area contributed by atoms with Gasteiger partial charge in [0.1, 0.15) is 0 Å². The number of anilines is 1. The molecule has 0 atom stereocenters. The van der Waals surface area contributed by atoms with Crippen molar-refractivity contribution in [2.45, 2.75) is 32.9 Å². The van der Waals surface area contributed by atoms with Gasteiger partial charge in [-0.15, -0.1) is 0 Å². The van der Waals surface area contributed by atoms with Crippen LogP contribution < -0.4 is 20.3 Å². The van der Waals surface area contributed by atoms with Gasteiger partial charge in [0.15, 0.2) is 0 Å². The van der Waals surface area contributed by atoms with E-state index in [0.29, 0.717) is 32.0 Å². The van der Waals surface area contributed by atoms with Crippen molar-refractivity contribution in [2.24, 2.45) is 0 Å². The predicted molar refractivity (Wildman–Crippen MR) is 103 cm³/mol. The van der Waals surface area contributed by atoms with Crippen molar-refractivity contribution < 1.29 is 14.3 Å². The lowest BCUT2D eigenvalue weighted by Crippen LogP contribution is -2.34. The summed E-state index contributed by atoms with van der Waals surface area (Å²) in [5.74, 6) is 0.703. The van der Waals surface area contributed by atoms with Crippen LogP contribution in [0.2, 0.25) is 0 Å². The standard InChI is InChI=1S/C20H24N4O3/c1-2-27-19-16(5-3-11-21-19)14-23-20(26)22-13-15-7-9-17(10-8-15)24-12-4-6-18(24)25/h3,5,7-11H,2,4,6,12-14H2,1H3,(H2,22,23,26). The molecule has 1 aliphatic rings. The van der Waals surface area contributed by atoms with E-state index in [1.807, 2.05) is 43.3 Å². The summed E-state index contributed by atoms with van der Waals surface area (Å²) in [6.07, 6.45) is 3.18. The van der Waals surface area contributed by atoms with Crippen molar-refractivity contribution in [2.75, 3.05) is 18.1 Å². The molecule has 3 amide bonds. The fourth-order valence-electron chi connectivity index (χ4n) is 2.96. The van der Waals surface area contributed by atoms with Crippen molar-refractivity contribution in [3.8, 4) is 5.88 Å². The number of ether oxygens (including phenoxy) is 1. The molecule has 0 saturated carbocycles. The fourth-order valence-corrected chi connectivity index (χ4v) is 2.96. The number of nitrogens with zero attached hydrogens (tertiary/aromatic N) is 2. The molecule has 142 valence electrons. The van der Waals surface area contributed by atoms with Crippen molar-refractivity contribution in [3.63, 3.8) is 0 Å². The van der Waals surface area contributed by atoms with E-state index in [4.69, 9.17) is 4.74 Å². The summed E-state index contributed by atoms with van der Waals surface area (Å²) < 4.78 is 5.45. The van der Waals surface area contributed by atoms with Gasteiger partial charge in [-0.05, 0) is 37.1 Å². The molecule has 0 bridgehead atoms. The molecule has 2 aromatic rings. The van der Waals surface area contributed by atoms with Crippen molar-refractivity contribution >= 4 is 17.6 Å². The summed E-state index contributed by atoms with van der Waals surface area (Å²) in [5, 5.41) is 5.63. The summed E-state index contributed by atoms with van der Waals surface area (Å²) in [6.45, 7) is 3.94. The number of urea groups is 1. The van der Waals surface area contributed by atoms with E-state index in [-0.39, 0.29) is 11.9 Å². The highest BCUT2D eigenvalue weighted by molar-refractivity contribution is 5.95. The third kappa shape index (κ3) is 4.97. The minimum absolute atomic E-state index is 0.169. The Balaban J connectivity index is 1.47. The molecule has 1 fully saturated rings. The van der Waals surface area contributed by atoms with E-state index >= 15 is 0 Å². The molecular weight excluding hydrogens is 344 g/mol. The fraction of sp³-hybridized carbons (Fsp3) is 0.350. The molecule has 1 aromatic heterocycles. The zero-order chi connectivity index (χ0) is 19.1. The number of hydrogen-bond acceptors (Lipinski definition) is 4. The first-order valence-corrected chi connectivity index (χ1v) is 9.15. The van der Waals surface area contributed by atoms with E-state index in [0.717, 1.165) is 29.8 Å². The van der Waals surface area contributed by atoms with Gasteiger partial charge in [-0.2, -0.15) is 0 Å². The number of amides is 3. The summed E-state index contributed by atoms with van der Waals surface area (Å²) in [7, 11) is 0. The molecule has 0 spiro atoms. The normalized spacial score (nSPS) is 13.5. The van der Waals surface area contributed by atoms with E-state index in [1.54, 1.807) is 11.1 Å². The zero-order valence-electron chi connectivity index (χ0n) is 15.4. The highest BCUT2D eigenvalue weighted by Gasteiger charge is 2.21. The van der Waals surface area contributed by atoms with Gasteiger partial charge in [-0.25, -0.2) is 9.78 Å². The molecule has 0 aliphatic carbocycles. The molecule has 3 rings (SSSR count). The monoisotopic (exact) mass is 368 g/mol.